The second kappa shape index (κ2) is 11.0. The van der Waals surface area contributed by atoms with Gasteiger partial charge in [0.2, 0.25) is 0 Å². The molecule has 0 amide bonds. The van der Waals surface area contributed by atoms with Crippen LogP contribution in [0.4, 0.5) is 0 Å². The first-order valence-corrected chi connectivity index (χ1v) is 13.4. The Morgan fingerprint density at radius 1 is 0.963 bits per heavy atom. The van der Waals surface area contributed by atoms with Gasteiger partial charge in [-0.1, -0.05) is 36.6 Å². The number of aromatic hydroxyl groups is 1. The lowest BCUT2D eigenvalue weighted by atomic mass is 9.99. The third-order valence-electron chi connectivity index (χ3n) is 3.78. The van der Waals surface area contributed by atoms with Crippen molar-refractivity contribution in [2.45, 2.75) is 12.8 Å². The van der Waals surface area contributed by atoms with E-state index < -0.39 is 0 Å². The van der Waals surface area contributed by atoms with Crippen LogP contribution in [0.1, 0.15) is 11.1 Å². The van der Waals surface area contributed by atoms with Crippen LogP contribution in [0.5, 0.6) is 5.75 Å². The van der Waals surface area contributed by atoms with Crippen LogP contribution in [0.15, 0.2) is 24.4 Å². The fourth-order valence-corrected chi connectivity index (χ4v) is 6.12. The first-order valence-electron chi connectivity index (χ1n) is 7.87. The number of pyridine rings is 1. The van der Waals surface area contributed by atoms with E-state index in [4.69, 9.17) is 24.4 Å². The number of aromatic nitrogens is 1. The van der Waals surface area contributed by atoms with Crippen LogP contribution in [-0.4, -0.2) is 52.5 Å². The Bertz CT molecular complexity index is 824. The molecule has 0 unspecified atom stereocenters. The van der Waals surface area contributed by atoms with E-state index in [-0.39, 0.29) is 5.75 Å². The average Bonchev–Trinajstić information content (AvgIpc) is 2.67. The van der Waals surface area contributed by atoms with Gasteiger partial charge >= 0.3 is 0 Å². The molecule has 1 N–H and O–H groups in total. The third-order valence-corrected chi connectivity index (χ3v) is 8.90. The number of hydrogen-bond acceptors (Lipinski definition) is 8. The molecule has 1 aromatic carbocycles. The zero-order chi connectivity index (χ0) is 20.0. The molecule has 2 aromatic rings. The van der Waals surface area contributed by atoms with Crippen LogP contribution in [0.25, 0.3) is 10.9 Å². The number of phenols is 1. The average molecular weight is 476 g/mol. The molecule has 0 bridgehead atoms. The summed E-state index contributed by atoms with van der Waals surface area (Å²) in [5, 5.41) is 11.7. The Labute approximate surface area is 188 Å². The van der Waals surface area contributed by atoms with Crippen LogP contribution >= 0.6 is 72.2 Å². The first kappa shape index (κ1) is 22.9. The van der Waals surface area contributed by atoms with Crippen LogP contribution in [0.3, 0.4) is 0 Å². The highest BCUT2D eigenvalue weighted by atomic mass is 32.2. The van der Waals surface area contributed by atoms with E-state index >= 15 is 0 Å². The van der Waals surface area contributed by atoms with Crippen molar-refractivity contribution in [3.05, 3.63) is 35.5 Å². The smallest absolute Gasteiger partial charge is 0.145 e. The van der Waals surface area contributed by atoms with Gasteiger partial charge in [0.05, 0.1) is 0 Å². The molecule has 0 aliphatic rings. The number of phenolic OH excluding ortho intramolecular Hbond substituents is 1. The lowest BCUT2D eigenvalue weighted by molar-refractivity contribution is 0.475. The van der Waals surface area contributed by atoms with E-state index in [0.717, 1.165) is 26.5 Å². The van der Waals surface area contributed by atoms with Crippen molar-refractivity contribution in [1.82, 2.24) is 12.4 Å². The maximum atomic E-state index is 10.8. The number of benzene rings is 1. The van der Waals surface area contributed by atoms with Gasteiger partial charge in [-0.15, -0.1) is 0 Å². The molecule has 4 nitrogen and oxygen atoms in total. The van der Waals surface area contributed by atoms with Gasteiger partial charge in [0.1, 0.15) is 21.2 Å². The zero-order valence-corrected chi connectivity index (χ0v) is 20.4. The van der Waals surface area contributed by atoms with Gasteiger partial charge in [-0.25, -0.2) is 0 Å². The van der Waals surface area contributed by atoms with Gasteiger partial charge < -0.3 is 5.11 Å². The molecule has 0 saturated heterocycles. The number of nitrogens with zero attached hydrogens (tertiary/aromatic N) is 3. The topological polar surface area (TPSA) is 39.6 Å². The van der Waals surface area contributed by atoms with Gasteiger partial charge in [-0.2, -0.15) is 0 Å². The van der Waals surface area contributed by atoms with Crippen LogP contribution in [0, 0.1) is 0 Å². The van der Waals surface area contributed by atoms with Crippen molar-refractivity contribution < 1.29 is 5.11 Å². The van der Waals surface area contributed by atoms with Gasteiger partial charge in [0, 0.05) is 55.0 Å². The molecule has 0 aliphatic carbocycles. The summed E-state index contributed by atoms with van der Waals surface area (Å²) in [6.07, 6.45) is 10.7. The highest BCUT2D eigenvalue weighted by Crippen LogP contribution is 2.33. The number of hydrogen-bond donors (Lipinski definition) is 1. The standard InChI is InChI=1S/C17H21N3OS6/c1-24-19(25-2)14(22)9-11-8-12(10-15(23)20(26-3)27-4)17(21)16-13(11)6-5-7-18-16/h5-8,21H,9-10H2,1-4H3. The van der Waals surface area contributed by atoms with Crippen molar-refractivity contribution >= 4 is 93.1 Å². The van der Waals surface area contributed by atoms with Crippen LogP contribution < -0.4 is 0 Å². The molecule has 1 heterocycles. The van der Waals surface area contributed by atoms with Crippen LogP contribution in [-0.2, 0) is 12.8 Å². The predicted molar refractivity (Wildman–Crippen MR) is 134 cm³/mol. The molecule has 27 heavy (non-hydrogen) atoms. The summed E-state index contributed by atoms with van der Waals surface area (Å²) in [4.78, 5) is 5.98. The lowest BCUT2D eigenvalue weighted by Crippen LogP contribution is -2.18. The van der Waals surface area contributed by atoms with Crippen molar-refractivity contribution in [1.29, 1.82) is 0 Å². The Hall–Kier alpha value is -0.390. The van der Waals surface area contributed by atoms with E-state index in [1.54, 1.807) is 54.0 Å². The summed E-state index contributed by atoms with van der Waals surface area (Å²) < 4.78 is 3.97. The quantitative estimate of drug-likeness (QED) is 0.396. The molecular formula is C17H21N3OS6. The van der Waals surface area contributed by atoms with Crippen molar-refractivity contribution in [2.75, 3.05) is 25.0 Å². The number of rotatable bonds is 8. The fraction of sp³-hybridized carbons (Fsp3) is 0.353. The van der Waals surface area contributed by atoms with Crippen molar-refractivity contribution in [2.24, 2.45) is 0 Å². The Balaban J connectivity index is 2.46. The second-order valence-electron chi connectivity index (χ2n) is 5.33. The van der Waals surface area contributed by atoms with Gasteiger partial charge in [0.25, 0.3) is 0 Å². The summed E-state index contributed by atoms with van der Waals surface area (Å²) in [6, 6.07) is 5.86. The summed E-state index contributed by atoms with van der Waals surface area (Å²) in [7, 11) is 0. The molecule has 1 aromatic heterocycles. The Morgan fingerprint density at radius 2 is 1.48 bits per heavy atom. The van der Waals surface area contributed by atoms with E-state index in [2.05, 4.69) is 4.98 Å². The molecule has 0 saturated carbocycles. The summed E-state index contributed by atoms with van der Waals surface area (Å²) in [5.41, 5.74) is 2.42. The van der Waals surface area contributed by atoms with Crippen molar-refractivity contribution in [3.63, 3.8) is 0 Å². The number of thiocarbonyl (C=S) groups is 2. The van der Waals surface area contributed by atoms with Crippen LogP contribution in [0.2, 0.25) is 0 Å². The Morgan fingerprint density at radius 3 is 2.00 bits per heavy atom. The molecule has 0 aliphatic heterocycles. The highest BCUT2D eigenvalue weighted by molar-refractivity contribution is 8.13. The third kappa shape index (κ3) is 5.57. The fourth-order valence-electron chi connectivity index (χ4n) is 2.65. The summed E-state index contributed by atoms with van der Waals surface area (Å²) in [5.74, 6) is 0.191. The van der Waals surface area contributed by atoms with Gasteiger partial charge in [0.15, 0.2) is 0 Å². The minimum Gasteiger partial charge on any atom is -0.505 e. The monoisotopic (exact) mass is 475 g/mol. The molecule has 146 valence electrons. The maximum absolute atomic E-state index is 10.8. The molecule has 0 spiro atoms. The lowest BCUT2D eigenvalue weighted by Gasteiger charge is -2.21. The second-order valence-corrected chi connectivity index (χ2v) is 9.65. The normalized spacial score (nSPS) is 10.8. The van der Waals surface area contributed by atoms with Gasteiger partial charge in [-0.3, -0.25) is 12.4 Å². The molecular weight excluding hydrogens is 455 g/mol. The van der Waals surface area contributed by atoms with E-state index in [9.17, 15) is 5.11 Å². The summed E-state index contributed by atoms with van der Waals surface area (Å²) in [6.45, 7) is 0. The molecule has 0 radical (unpaired) electrons. The van der Waals surface area contributed by atoms with E-state index in [1.807, 2.05) is 50.6 Å². The minimum absolute atomic E-state index is 0.191. The minimum atomic E-state index is 0.191. The molecule has 0 atom stereocenters. The molecule has 2 rings (SSSR count). The highest BCUT2D eigenvalue weighted by Gasteiger charge is 2.18. The first-order chi connectivity index (χ1) is 13.0. The number of fused-ring (bicyclic) bond motifs is 1. The molecule has 10 heteroatoms. The maximum Gasteiger partial charge on any atom is 0.145 e. The van der Waals surface area contributed by atoms with Gasteiger partial charge in [-0.05, 0) is 59.4 Å². The van der Waals surface area contributed by atoms with E-state index in [1.165, 1.54) is 0 Å². The zero-order valence-electron chi connectivity index (χ0n) is 15.5. The van der Waals surface area contributed by atoms with Crippen molar-refractivity contribution in [3.8, 4) is 5.75 Å². The SMILES string of the molecule is CSN(SC)C(=S)Cc1cc(CC(=S)N(SC)SC)c2cccnc2c1O. The van der Waals surface area contributed by atoms with E-state index in [0.29, 0.717) is 18.4 Å². The largest absolute Gasteiger partial charge is 0.505 e. The summed E-state index contributed by atoms with van der Waals surface area (Å²) >= 11 is 17.5. The molecule has 0 fully saturated rings. The Kier molecular flexibility index (Phi) is 9.30. The predicted octanol–water partition coefficient (Wildman–Crippen LogP) is 5.40.